The van der Waals surface area contributed by atoms with E-state index in [-0.39, 0.29) is 10.8 Å². The van der Waals surface area contributed by atoms with Crippen molar-refractivity contribution in [2.24, 2.45) is 0 Å². The molecule has 0 aliphatic heterocycles. The smallest absolute Gasteiger partial charge is 0.268 e. The van der Waals surface area contributed by atoms with Crippen LogP contribution in [-0.2, 0) is 6.42 Å². The maximum Gasteiger partial charge on any atom is 0.268 e. The molecule has 0 unspecified atom stereocenters. The second-order valence-corrected chi connectivity index (χ2v) is 4.84. The summed E-state index contributed by atoms with van der Waals surface area (Å²) in [6.45, 7) is 5.08. The summed E-state index contributed by atoms with van der Waals surface area (Å²) in [6.07, 6.45) is 3.20. The number of rotatable bonds is 3. The highest BCUT2D eigenvalue weighted by molar-refractivity contribution is 5.38. The van der Waals surface area contributed by atoms with Gasteiger partial charge in [0.2, 0.25) is 0 Å². The third-order valence-electron chi connectivity index (χ3n) is 3.29. The van der Waals surface area contributed by atoms with Crippen molar-refractivity contribution in [1.82, 2.24) is 9.55 Å². The van der Waals surface area contributed by atoms with Crippen molar-refractivity contribution in [3.8, 4) is 5.69 Å². The average Bonchev–Trinajstić information content (AvgIpc) is 2.47. The molecule has 0 radical (unpaired) electrons. The highest BCUT2D eigenvalue weighted by Crippen LogP contribution is 2.06. The van der Waals surface area contributed by atoms with Crippen molar-refractivity contribution in [2.45, 2.75) is 33.6 Å². The van der Waals surface area contributed by atoms with Crippen LogP contribution in [0.4, 0.5) is 4.39 Å². The highest BCUT2D eigenvalue weighted by atomic mass is 19.1. The molecule has 2 aromatic rings. The summed E-state index contributed by atoms with van der Waals surface area (Å²) in [5.74, 6) is 0.153. The van der Waals surface area contributed by atoms with Crippen LogP contribution in [0, 0.1) is 0 Å². The van der Waals surface area contributed by atoms with Gasteiger partial charge in [-0.1, -0.05) is 31.2 Å². The van der Waals surface area contributed by atoms with Crippen LogP contribution >= 0.6 is 0 Å². The Morgan fingerprint density at radius 2 is 2.00 bits per heavy atom. The molecule has 0 aliphatic carbocycles. The summed E-state index contributed by atoms with van der Waals surface area (Å²) in [6, 6.07) is 9.24. The minimum atomic E-state index is -0.506. The van der Waals surface area contributed by atoms with Gasteiger partial charge < -0.3 is 0 Å². The number of halogens is 1. The van der Waals surface area contributed by atoms with Crippen LogP contribution in [0.15, 0.2) is 35.1 Å². The predicted molar refractivity (Wildman–Crippen MR) is 83.4 cm³/mol. The first kappa shape index (κ1) is 15.2. The third kappa shape index (κ3) is 2.94. The van der Waals surface area contributed by atoms with E-state index in [4.69, 9.17) is 0 Å². The van der Waals surface area contributed by atoms with E-state index in [0.29, 0.717) is 23.3 Å². The van der Waals surface area contributed by atoms with Gasteiger partial charge in [-0.05, 0) is 32.4 Å². The number of benzene rings is 1. The molecule has 0 N–H and O–H groups in total. The molecule has 110 valence electrons. The van der Waals surface area contributed by atoms with Crippen LogP contribution in [0.2, 0.25) is 0 Å². The van der Waals surface area contributed by atoms with Crippen LogP contribution in [0.5, 0.6) is 0 Å². The second kappa shape index (κ2) is 6.48. The Hall–Kier alpha value is -2.23. The molecule has 1 aromatic carbocycles. The van der Waals surface area contributed by atoms with Crippen molar-refractivity contribution in [3.05, 3.63) is 57.1 Å². The van der Waals surface area contributed by atoms with E-state index in [1.54, 1.807) is 13.0 Å². The van der Waals surface area contributed by atoms with Crippen molar-refractivity contribution in [1.29, 1.82) is 0 Å². The van der Waals surface area contributed by atoms with Crippen LogP contribution in [0.1, 0.15) is 33.0 Å². The molecule has 0 saturated heterocycles. The molecule has 0 bridgehead atoms. The molecule has 1 heterocycles. The van der Waals surface area contributed by atoms with Gasteiger partial charge in [-0.2, -0.15) is 0 Å². The lowest BCUT2D eigenvalue weighted by Gasteiger charge is -2.12. The number of nitrogens with zero attached hydrogens (tertiary/aromatic N) is 2. The van der Waals surface area contributed by atoms with E-state index >= 15 is 0 Å². The normalized spacial score (nSPS) is 13.4. The molecule has 0 saturated carbocycles. The Kier molecular flexibility index (Phi) is 4.68. The molecule has 0 atom stereocenters. The molecule has 0 fully saturated rings. The van der Waals surface area contributed by atoms with Gasteiger partial charge in [-0.15, -0.1) is 0 Å². The largest absolute Gasteiger partial charge is 0.268 e. The van der Waals surface area contributed by atoms with Crippen molar-refractivity contribution in [2.75, 3.05) is 0 Å². The van der Waals surface area contributed by atoms with Gasteiger partial charge in [0, 0.05) is 6.42 Å². The van der Waals surface area contributed by atoms with Gasteiger partial charge in [0.1, 0.15) is 11.7 Å². The van der Waals surface area contributed by atoms with Crippen molar-refractivity contribution in [3.63, 3.8) is 0 Å². The lowest BCUT2D eigenvalue weighted by molar-refractivity contribution is 0.713. The molecule has 4 heteroatoms. The van der Waals surface area contributed by atoms with E-state index in [2.05, 4.69) is 4.98 Å². The summed E-state index contributed by atoms with van der Waals surface area (Å²) >= 11 is 0. The molecule has 0 spiro atoms. The van der Waals surface area contributed by atoms with Gasteiger partial charge >= 0.3 is 0 Å². The fraction of sp³-hybridized carbons (Fsp3) is 0.294. The zero-order valence-electron chi connectivity index (χ0n) is 12.6. The number of aryl methyl sites for hydroxylation is 1. The fourth-order valence-electron chi connectivity index (χ4n) is 2.35. The summed E-state index contributed by atoms with van der Waals surface area (Å²) in [5, 5.41) is 0.455. The summed E-state index contributed by atoms with van der Waals surface area (Å²) < 4.78 is 15.3. The summed E-state index contributed by atoms with van der Waals surface area (Å²) in [5.41, 5.74) is 0.358. The molecular formula is C17H19FN2O. The Bertz CT molecular complexity index is 803. The number of hydrogen-bond acceptors (Lipinski definition) is 2. The lowest BCUT2D eigenvalue weighted by atomic mass is 10.2. The zero-order valence-corrected chi connectivity index (χ0v) is 12.6. The van der Waals surface area contributed by atoms with Gasteiger partial charge in [0.25, 0.3) is 5.56 Å². The monoisotopic (exact) mass is 286 g/mol. The molecule has 0 amide bonds. The maximum atomic E-state index is 13.8. The Labute approximate surface area is 123 Å². The van der Waals surface area contributed by atoms with E-state index in [0.717, 1.165) is 6.42 Å². The fourth-order valence-corrected chi connectivity index (χ4v) is 2.35. The number of hydrogen-bond donors (Lipinski definition) is 0. The van der Waals surface area contributed by atoms with E-state index in [9.17, 15) is 9.18 Å². The first-order valence-corrected chi connectivity index (χ1v) is 7.10. The minimum absolute atomic E-state index is 0.0428. The molecule has 3 nitrogen and oxygen atoms in total. The maximum absolute atomic E-state index is 13.8. The Morgan fingerprint density at radius 1 is 1.33 bits per heavy atom. The third-order valence-corrected chi connectivity index (χ3v) is 3.29. The topological polar surface area (TPSA) is 34.9 Å². The zero-order chi connectivity index (χ0) is 15.4. The van der Waals surface area contributed by atoms with E-state index < -0.39 is 5.83 Å². The van der Waals surface area contributed by atoms with Gasteiger partial charge in [-0.3, -0.25) is 9.36 Å². The van der Waals surface area contributed by atoms with Gasteiger partial charge in [0.15, 0.2) is 0 Å². The first-order valence-electron chi connectivity index (χ1n) is 7.10. The highest BCUT2D eigenvalue weighted by Gasteiger charge is 2.11. The van der Waals surface area contributed by atoms with Crippen molar-refractivity contribution >= 4 is 11.9 Å². The Balaban J connectivity index is 2.96. The molecule has 21 heavy (non-hydrogen) atoms. The van der Waals surface area contributed by atoms with E-state index in [1.807, 2.05) is 37.3 Å². The van der Waals surface area contributed by atoms with E-state index in [1.165, 1.54) is 11.5 Å². The van der Waals surface area contributed by atoms with Crippen LogP contribution in [0.25, 0.3) is 17.6 Å². The molecule has 0 aliphatic rings. The molecule has 2 rings (SSSR count). The minimum Gasteiger partial charge on any atom is -0.268 e. The number of aromatic nitrogens is 2. The summed E-state index contributed by atoms with van der Waals surface area (Å²) in [7, 11) is 0. The lowest BCUT2D eigenvalue weighted by Crippen LogP contribution is -2.48. The van der Waals surface area contributed by atoms with Gasteiger partial charge in [0.05, 0.1) is 16.3 Å². The molecular weight excluding hydrogens is 267 g/mol. The Morgan fingerprint density at radius 3 is 2.52 bits per heavy atom. The number of para-hydroxylation sites is 1. The average molecular weight is 286 g/mol. The van der Waals surface area contributed by atoms with Crippen LogP contribution in [0.3, 0.4) is 0 Å². The predicted octanol–water partition coefficient (Wildman–Crippen LogP) is 2.08. The van der Waals surface area contributed by atoms with Crippen LogP contribution < -0.4 is 16.1 Å². The van der Waals surface area contributed by atoms with Crippen molar-refractivity contribution < 1.29 is 4.39 Å². The van der Waals surface area contributed by atoms with Gasteiger partial charge in [-0.25, -0.2) is 9.37 Å². The quantitative estimate of drug-likeness (QED) is 0.866. The first-order chi connectivity index (χ1) is 10.1. The second-order valence-electron chi connectivity index (χ2n) is 4.84. The van der Waals surface area contributed by atoms with Crippen LogP contribution in [-0.4, -0.2) is 9.55 Å². The standard InChI is InChI=1S/C17H19FN2O/c1-4-9-15-19-14(5-2)16(12(3)18)17(21)20(15)13-10-7-6-8-11-13/h5-8,10-11H,4,9H2,1-3H3. The summed E-state index contributed by atoms with van der Waals surface area (Å²) in [4.78, 5) is 17.2. The molecule has 1 aromatic heterocycles. The SMILES string of the molecule is CC=c1nc(CCC)n(-c2ccccc2)c(=O)c1=C(C)F.